The van der Waals surface area contributed by atoms with Gasteiger partial charge in [-0.3, -0.25) is 9.52 Å². The molecule has 0 aliphatic carbocycles. The molecule has 2 N–H and O–H groups in total. The molecule has 0 atom stereocenters. The number of thioether (sulfide) groups is 1. The first-order chi connectivity index (χ1) is 13.9. The molecule has 0 saturated heterocycles. The fourth-order valence-corrected chi connectivity index (χ4v) is 5.40. The summed E-state index contributed by atoms with van der Waals surface area (Å²) in [5, 5.41) is 5.30. The topological polar surface area (TPSA) is 75.3 Å². The van der Waals surface area contributed by atoms with Crippen LogP contribution in [0.15, 0.2) is 75.1 Å². The number of halogens is 1. The third kappa shape index (κ3) is 6.78. The van der Waals surface area contributed by atoms with Gasteiger partial charge in [-0.25, -0.2) is 8.42 Å². The Morgan fingerprint density at radius 1 is 1.03 bits per heavy atom. The molecule has 0 aliphatic rings. The van der Waals surface area contributed by atoms with Crippen molar-refractivity contribution in [3.05, 3.63) is 76.6 Å². The maximum absolute atomic E-state index is 12.2. The molecule has 5 nitrogen and oxygen atoms in total. The second kappa shape index (κ2) is 10.2. The number of sulfonamides is 1. The first-order valence-electron chi connectivity index (χ1n) is 8.73. The number of anilines is 1. The van der Waals surface area contributed by atoms with E-state index in [0.717, 1.165) is 27.5 Å². The number of rotatable bonds is 9. The van der Waals surface area contributed by atoms with Gasteiger partial charge in [-0.05, 0) is 53.4 Å². The third-order valence-corrected chi connectivity index (χ3v) is 7.88. The summed E-state index contributed by atoms with van der Waals surface area (Å²) < 4.78 is 27.2. The minimum Gasteiger partial charge on any atom is -0.355 e. The lowest BCUT2D eigenvalue weighted by atomic mass is 10.1. The fraction of sp³-hybridized carbons (Fsp3) is 0.150. The van der Waals surface area contributed by atoms with Gasteiger partial charge in [0.2, 0.25) is 5.91 Å². The molecule has 0 bridgehead atoms. The molecule has 1 aromatic heterocycles. The van der Waals surface area contributed by atoms with E-state index in [0.29, 0.717) is 17.3 Å². The standard InChI is InChI=1S/C20H19ClN2O3S3/c21-16-5-9-18(10-6-16)27-13-11-22-19(24)14-15-3-7-17(8-4-15)23-29(25,26)20-2-1-12-28-20/h1-10,12,23H,11,13-14H2,(H,22,24). The maximum Gasteiger partial charge on any atom is 0.271 e. The zero-order valence-electron chi connectivity index (χ0n) is 15.3. The highest BCUT2D eigenvalue weighted by molar-refractivity contribution is 7.99. The molecule has 0 spiro atoms. The van der Waals surface area contributed by atoms with Gasteiger partial charge in [0.15, 0.2) is 0 Å². The van der Waals surface area contributed by atoms with Crippen molar-refractivity contribution in [2.24, 2.45) is 0 Å². The molecule has 0 aliphatic heterocycles. The molecule has 9 heteroatoms. The van der Waals surface area contributed by atoms with E-state index in [2.05, 4.69) is 10.0 Å². The predicted molar refractivity (Wildman–Crippen MR) is 120 cm³/mol. The molecule has 0 fully saturated rings. The Morgan fingerprint density at radius 3 is 2.41 bits per heavy atom. The second-order valence-corrected chi connectivity index (χ2v) is 10.5. The monoisotopic (exact) mass is 466 g/mol. The van der Waals surface area contributed by atoms with Gasteiger partial charge in [0, 0.05) is 27.9 Å². The summed E-state index contributed by atoms with van der Waals surface area (Å²) in [5.74, 6) is 0.685. The fourth-order valence-electron chi connectivity index (χ4n) is 2.45. The highest BCUT2D eigenvalue weighted by atomic mass is 35.5. The van der Waals surface area contributed by atoms with Crippen LogP contribution in [-0.4, -0.2) is 26.6 Å². The van der Waals surface area contributed by atoms with Crippen LogP contribution in [0.4, 0.5) is 5.69 Å². The van der Waals surface area contributed by atoms with Crippen LogP contribution < -0.4 is 10.0 Å². The first kappa shape index (κ1) is 21.7. The Labute approximate surface area is 183 Å². The summed E-state index contributed by atoms with van der Waals surface area (Å²) in [4.78, 5) is 13.2. The average molecular weight is 467 g/mol. The number of nitrogens with one attached hydrogen (secondary N) is 2. The highest BCUT2D eigenvalue weighted by Crippen LogP contribution is 2.21. The number of benzene rings is 2. The Morgan fingerprint density at radius 2 is 1.76 bits per heavy atom. The van der Waals surface area contributed by atoms with Crippen LogP contribution in [0.5, 0.6) is 0 Å². The van der Waals surface area contributed by atoms with Gasteiger partial charge in [0.25, 0.3) is 10.0 Å². The van der Waals surface area contributed by atoms with Crippen molar-refractivity contribution in [2.75, 3.05) is 17.0 Å². The molecule has 0 saturated carbocycles. The van der Waals surface area contributed by atoms with Gasteiger partial charge in [-0.15, -0.1) is 23.1 Å². The van der Waals surface area contributed by atoms with Crippen LogP contribution in [0.2, 0.25) is 5.02 Å². The highest BCUT2D eigenvalue weighted by Gasteiger charge is 2.15. The molecule has 0 unspecified atom stereocenters. The smallest absolute Gasteiger partial charge is 0.271 e. The zero-order chi connectivity index (χ0) is 20.7. The summed E-state index contributed by atoms with van der Waals surface area (Å²) in [5.41, 5.74) is 1.27. The van der Waals surface area contributed by atoms with Crippen molar-refractivity contribution >= 4 is 56.3 Å². The normalized spacial score (nSPS) is 11.2. The molecule has 3 aromatic rings. The van der Waals surface area contributed by atoms with Crippen LogP contribution in [0.25, 0.3) is 0 Å². The summed E-state index contributed by atoms with van der Waals surface area (Å²) in [6.07, 6.45) is 0.240. The lowest BCUT2D eigenvalue weighted by molar-refractivity contribution is -0.120. The molecule has 29 heavy (non-hydrogen) atoms. The Balaban J connectivity index is 1.43. The molecule has 0 radical (unpaired) electrons. The second-order valence-electron chi connectivity index (χ2n) is 6.06. The van der Waals surface area contributed by atoms with Crippen LogP contribution in [0.3, 0.4) is 0 Å². The minimum atomic E-state index is -3.57. The van der Waals surface area contributed by atoms with E-state index in [1.165, 1.54) is 0 Å². The lowest BCUT2D eigenvalue weighted by Gasteiger charge is -2.08. The Hall–Kier alpha value is -2.00. The molecular formula is C20H19ClN2O3S3. The van der Waals surface area contributed by atoms with Gasteiger partial charge in [-0.2, -0.15) is 0 Å². The van der Waals surface area contributed by atoms with Gasteiger partial charge in [-0.1, -0.05) is 29.8 Å². The van der Waals surface area contributed by atoms with E-state index in [-0.39, 0.29) is 16.5 Å². The summed E-state index contributed by atoms with van der Waals surface area (Å²) in [6, 6.07) is 17.6. The molecule has 2 aromatic carbocycles. The number of carbonyl (C=O) groups is 1. The predicted octanol–water partition coefficient (Wildman–Crippen LogP) is 4.65. The van der Waals surface area contributed by atoms with E-state index in [1.807, 2.05) is 24.3 Å². The van der Waals surface area contributed by atoms with Crippen molar-refractivity contribution in [1.29, 1.82) is 0 Å². The molecule has 1 amide bonds. The van der Waals surface area contributed by atoms with E-state index in [1.54, 1.807) is 53.5 Å². The number of hydrogen-bond donors (Lipinski definition) is 2. The first-order valence-corrected chi connectivity index (χ1v) is 12.5. The molecule has 1 heterocycles. The average Bonchev–Trinajstić information content (AvgIpc) is 3.24. The number of hydrogen-bond acceptors (Lipinski definition) is 5. The third-order valence-electron chi connectivity index (χ3n) is 3.84. The summed E-state index contributed by atoms with van der Waals surface area (Å²) in [7, 11) is -3.57. The zero-order valence-corrected chi connectivity index (χ0v) is 18.5. The summed E-state index contributed by atoms with van der Waals surface area (Å²) >= 11 is 8.66. The SMILES string of the molecule is O=C(Cc1ccc(NS(=O)(=O)c2cccs2)cc1)NCCSc1ccc(Cl)cc1. The van der Waals surface area contributed by atoms with Gasteiger partial charge < -0.3 is 5.32 Å². The van der Waals surface area contributed by atoms with Crippen LogP contribution >= 0.6 is 34.7 Å². The number of thiophene rings is 1. The minimum absolute atomic E-state index is 0.0753. The number of amides is 1. The van der Waals surface area contributed by atoms with E-state index in [9.17, 15) is 13.2 Å². The van der Waals surface area contributed by atoms with Crippen molar-refractivity contribution in [3.63, 3.8) is 0 Å². The van der Waals surface area contributed by atoms with Crippen molar-refractivity contribution in [3.8, 4) is 0 Å². The lowest BCUT2D eigenvalue weighted by Crippen LogP contribution is -2.27. The van der Waals surface area contributed by atoms with Gasteiger partial charge in [0.05, 0.1) is 6.42 Å². The van der Waals surface area contributed by atoms with Crippen LogP contribution in [0.1, 0.15) is 5.56 Å². The maximum atomic E-state index is 12.2. The van der Waals surface area contributed by atoms with Crippen molar-refractivity contribution < 1.29 is 13.2 Å². The largest absolute Gasteiger partial charge is 0.355 e. The Bertz CT molecular complexity index is 1040. The van der Waals surface area contributed by atoms with E-state index >= 15 is 0 Å². The molecule has 152 valence electrons. The van der Waals surface area contributed by atoms with Gasteiger partial charge >= 0.3 is 0 Å². The molecule has 3 rings (SSSR count). The Kier molecular flexibility index (Phi) is 7.60. The van der Waals surface area contributed by atoms with E-state index < -0.39 is 10.0 Å². The summed E-state index contributed by atoms with van der Waals surface area (Å²) in [6.45, 7) is 0.560. The number of carbonyl (C=O) groups excluding carboxylic acids is 1. The van der Waals surface area contributed by atoms with Crippen molar-refractivity contribution in [1.82, 2.24) is 5.32 Å². The van der Waals surface area contributed by atoms with Crippen molar-refractivity contribution in [2.45, 2.75) is 15.5 Å². The van der Waals surface area contributed by atoms with Crippen LogP contribution in [-0.2, 0) is 21.2 Å². The van der Waals surface area contributed by atoms with Gasteiger partial charge in [0.1, 0.15) is 4.21 Å². The molecular weight excluding hydrogens is 448 g/mol. The van der Waals surface area contributed by atoms with E-state index in [4.69, 9.17) is 11.6 Å². The van der Waals surface area contributed by atoms with Crippen LogP contribution in [0, 0.1) is 0 Å². The quantitative estimate of drug-likeness (QED) is 0.355.